The highest BCUT2D eigenvalue weighted by Crippen LogP contribution is 2.14. The van der Waals surface area contributed by atoms with Crippen molar-refractivity contribution in [1.29, 1.82) is 5.41 Å². The molecule has 0 aromatic rings. The summed E-state index contributed by atoms with van der Waals surface area (Å²) in [5, 5.41) is 8.75. The molecule has 0 saturated carbocycles. The summed E-state index contributed by atoms with van der Waals surface area (Å²) in [5.41, 5.74) is 0. The number of unbranched alkanes of at least 4 members (excludes halogenated alkanes) is 11. The molecule has 132 valence electrons. The molecule has 0 aliphatic rings. The lowest BCUT2D eigenvalue weighted by molar-refractivity contribution is 0.472. The van der Waals surface area contributed by atoms with Crippen LogP contribution in [-0.2, 0) is 0 Å². The first-order valence-electron chi connectivity index (χ1n) is 9.72. The Morgan fingerprint density at radius 1 is 0.682 bits per heavy atom. The van der Waals surface area contributed by atoms with Crippen LogP contribution in [0.25, 0.3) is 0 Å². The number of nitrogens with one attached hydrogen (secondary N) is 1. The fourth-order valence-electron chi connectivity index (χ4n) is 2.71. The van der Waals surface area contributed by atoms with Crippen LogP contribution in [0.3, 0.4) is 0 Å². The fourth-order valence-corrected chi connectivity index (χ4v) is 3.70. The molecule has 2 nitrogen and oxygen atoms in total. The van der Waals surface area contributed by atoms with Gasteiger partial charge < -0.3 is 4.90 Å². The number of nitrogens with zero attached hydrogens (tertiary/aromatic N) is 1. The highest BCUT2D eigenvalue weighted by atomic mass is 32.2. The standard InChI is InChI=1S/C19H40N2S/c1-4-7-8-9-10-11-12-13-14-15-16-17-18-22-19(20)21(5-2)6-3/h20H,4-18H2,1-3H3. The van der Waals surface area contributed by atoms with Crippen LogP contribution in [0, 0.1) is 5.41 Å². The molecule has 0 aliphatic heterocycles. The molecule has 0 aromatic carbocycles. The van der Waals surface area contributed by atoms with Crippen molar-refractivity contribution in [2.24, 2.45) is 0 Å². The normalized spacial score (nSPS) is 10.9. The van der Waals surface area contributed by atoms with Crippen molar-refractivity contribution in [3.8, 4) is 0 Å². The van der Waals surface area contributed by atoms with E-state index in [0.717, 1.165) is 24.0 Å². The highest BCUT2D eigenvalue weighted by Gasteiger charge is 2.04. The summed E-state index contributed by atoms with van der Waals surface area (Å²) in [6.45, 7) is 8.46. The predicted molar refractivity (Wildman–Crippen MR) is 104 cm³/mol. The van der Waals surface area contributed by atoms with Gasteiger partial charge >= 0.3 is 0 Å². The number of hydrogen-bond acceptors (Lipinski definition) is 2. The third-order valence-electron chi connectivity index (χ3n) is 4.29. The van der Waals surface area contributed by atoms with E-state index in [0.29, 0.717) is 0 Å². The van der Waals surface area contributed by atoms with E-state index in [1.165, 1.54) is 77.0 Å². The predicted octanol–water partition coefficient (Wildman–Crippen LogP) is 6.70. The fraction of sp³-hybridized carbons (Fsp3) is 0.947. The molecule has 0 amide bonds. The Bertz CT molecular complexity index is 240. The van der Waals surface area contributed by atoms with E-state index in [1.807, 2.05) is 0 Å². The number of hydrogen-bond donors (Lipinski definition) is 1. The second kappa shape index (κ2) is 17.2. The number of amidine groups is 1. The smallest absolute Gasteiger partial charge is 0.156 e. The van der Waals surface area contributed by atoms with Gasteiger partial charge in [-0.15, -0.1) is 0 Å². The highest BCUT2D eigenvalue weighted by molar-refractivity contribution is 8.13. The largest absolute Gasteiger partial charge is 0.352 e. The number of thioether (sulfide) groups is 1. The Labute approximate surface area is 144 Å². The van der Waals surface area contributed by atoms with Crippen LogP contribution in [0.4, 0.5) is 0 Å². The van der Waals surface area contributed by atoms with Gasteiger partial charge in [-0.3, -0.25) is 5.41 Å². The summed E-state index contributed by atoms with van der Waals surface area (Å²) in [5.74, 6) is 1.12. The zero-order valence-electron chi connectivity index (χ0n) is 15.5. The molecule has 0 fully saturated rings. The summed E-state index contributed by atoms with van der Waals surface area (Å²) in [7, 11) is 0. The average molecular weight is 329 g/mol. The van der Waals surface area contributed by atoms with Crippen molar-refractivity contribution in [1.82, 2.24) is 4.90 Å². The van der Waals surface area contributed by atoms with E-state index in [2.05, 4.69) is 25.7 Å². The van der Waals surface area contributed by atoms with Gasteiger partial charge in [0.25, 0.3) is 0 Å². The molecule has 0 spiro atoms. The Morgan fingerprint density at radius 3 is 1.50 bits per heavy atom. The Hall–Kier alpha value is -0.180. The summed E-state index contributed by atoms with van der Waals surface area (Å²) < 4.78 is 0. The first kappa shape index (κ1) is 21.8. The van der Waals surface area contributed by atoms with Gasteiger partial charge in [0, 0.05) is 18.8 Å². The molecular weight excluding hydrogens is 288 g/mol. The van der Waals surface area contributed by atoms with Crippen LogP contribution in [0.15, 0.2) is 0 Å². The minimum atomic E-state index is 0.757. The maximum absolute atomic E-state index is 7.99. The van der Waals surface area contributed by atoms with Crippen LogP contribution in [-0.4, -0.2) is 28.9 Å². The van der Waals surface area contributed by atoms with Crippen LogP contribution < -0.4 is 0 Å². The van der Waals surface area contributed by atoms with Crippen molar-refractivity contribution >= 4 is 16.9 Å². The molecule has 3 heteroatoms. The van der Waals surface area contributed by atoms with Crippen molar-refractivity contribution in [3.05, 3.63) is 0 Å². The van der Waals surface area contributed by atoms with Crippen LogP contribution in [0.2, 0.25) is 0 Å². The third kappa shape index (κ3) is 13.5. The molecule has 0 aromatic heterocycles. The lowest BCUT2D eigenvalue weighted by atomic mass is 10.1. The van der Waals surface area contributed by atoms with E-state index in [1.54, 1.807) is 11.8 Å². The van der Waals surface area contributed by atoms with Gasteiger partial charge in [-0.25, -0.2) is 0 Å². The summed E-state index contributed by atoms with van der Waals surface area (Å²) >= 11 is 1.72. The van der Waals surface area contributed by atoms with Crippen LogP contribution in [0.5, 0.6) is 0 Å². The SMILES string of the molecule is CCCCCCCCCCCCCCSC(=N)N(CC)CC. The zero-order chi connectivity index (χ0) is 16.5. The lowest BCUT2D eigenvalue weighted by Crippen LogP contribution is -2.27. The summed E-state index contributed by atoms with van der Waals surface area (Å²) in [6.07, 6.45) is 16.8. The molecule has 0 heterocycles. The van der Waals surface area contributed by atoms with E-state index < -0.39 is 0 Å². The molecule has 0 rings (SSSR count). The van der Waals surface area contributed by atoms with Gasteiger partial charge in [-0.05, 0) is 20.3 Å². The molecular formula is C19H40N2S. The topological polar surface area (TPSA) is 27.1 Å². The van der Waals surface area contributed by atoms with Gasteiger partial charge in [0.1, 0.15) is 0 Å². The molecule has 0 bridgehead atoms. The monoisotopic (exact) mass is 328 g/mol. The average Bonchev–Trinajstić information content (AvgIpc) is 2.53. The first-order chi connectivity index (χ1) is 10.8. The van der Waals surface area contributed by atoms with Crippen molar-refractivity contribution in [2.45, 2.75) is 97.8 Å². The van der Waals surface area contributed by atoms with E-state index in [9.17, 15) is 0 Å². The maximum Gasteiger partial charge on any atom is 0.156 e. The lowest BCUT2D eigenvalue weighted by Gasteiger charge is -2.20. The van der Waals surface area contributed by atoms with Gasteiger partial charge in [0.2, 0.25) is 0 Å². The molecule has 0 unspecified atom stereocenters. The van der Waals surface area contributed by atoms with Gasteiger partial charge in [-0.2, -0.15) is 0 Å². The molecule has 0 saturated heterocycles. The number of rotatable bonds is 15. The quantitative estimate of drug-likeness (QED) is 0.206. The maximum atomic E-state index is 7.99. The van der Waals surface area contributed by atoms with Gasteiger partial charge in [0.05, 0.1) is 0 Å². The zero-order valence-corrected chi connectivity index (χ0v) is 16.3. The Morgan fingerprint density at radius 2 is 1.09 bits per heavy atom. The Balaban J connectivity index is 3.19. The van der Waals surface area contributed by atoms with Gasteiger partial charge in [-0.1, -0.05) is 89.3 Å². The second-order valence-electron chi connectivity index (χ2n) is 6.21. The van der Waals surface area contributed by atoms with E-state index >= 15 is 0 Å². The molecule has 1 N–H and O–H groups in total. The molecule has 0 radical (unpaired) electrons. The van der Waals surface area contributed by atoms with Crippen molar-refractivity contribution in [2.75, 3.05) is 18.8 Å². The van der Waals surface area contributed by atoms with Gasteiger partial charge in [0.15, 0.2) is 5.17 Å². The summed E-state index contributed by atoms with van der Waals surface area (Å²) in [6, 6.07) is 0. The second-order valence-corrected chi connectivity index (χ2v) is 7.30. The Kier molecular flexibility index (Phi) is 17.0. The van der Waals surface area contributed by atoms with Crippen molar-refractivity contribution < 1.29 is 0 Å². The minimum Gasteiger partial charge on any atom is -0.352 e. The van der Waals surface area contributed by atoms with E-state index in [-0.39, 0.29) is 0 Å². The van der Waals surface area contributed by atoms with Crippen LogP contribution >= 0.6 is 11.8 Å². The minimum absolute atomic E-state index is 0.757. The van der Waals surface area contributed by atoms with E-state index in [4.69, 9.17) is 5.41 Å². The molecule has 22 heavy (non-hydrogen) atoms. The van der Waals surface area contributed by atoms with Crippen LogP contribution in [0.1, 0.15) is 97.8 Å². The summed E-state index contributed by atoms with van der Waals surface area (Å²) in [4.78, 5) is 2.13. The van der Waals surface area contributed by atoms with Crippen molar-refractivity contribution in [3.63, 3.8) is 0 Å². The molecule has 0 atom stereocenters. The first-order valence-corrected chi connectivity index (χ1v) is 10.7. The third-order valence-corrected chi connectivity index (χ3v) is 5.31. The molecule has 0 aliphatic carbocycles.